The number of amides is 1. The first-order chi connectivity index (χ1) is 14.5. The van der Waals surface area contributed by atoms with Gasteiger partial charge < -0.3 is 4.90 Å². The number of hydrogen-bond acceptors (Lipinski definition) is 4. The number of hydrogen-bond donors (Lipinski definition) is 0. The van der Waals surface area contributed by atoms with Crippen molar-refractivity contribution in [2.45, 2.75) is 50.4 Å². The molecule has 7 heteroatoms. The highest BCUT2D eigenvalue weighted by Gasteiger charge is 2.29. The minimum Gasteiger partial charge on any atom is -0.337 e. The molecule has 0 spiro atoms. The van der Waals surface area contributed by atoms with E-state index in [1.54, 1.807) is 42.5 Å². The highest BCUT2D eigenvalue weighted by molar-refractivity contribution is 7.99. The molecule has 4 rings (SSSR count). The molecule has 2 atom stereocenters. The molecule has 2 heterocycles. The monoisotopic (exact) mass is 425 g/mol. The van der Waals surface area contributed by atoms with Crippen LogP contribution < -0.4 is 5.56 Å². The molecule has 156 valence electrons. The summed E-state index contributed by atoms with van der Waals surface area (Å²) >= 11 is 1.18. The standard InChI is InChI=1S/C23H24FN3O2S/c1-15-8-7-9-16(2)26(15)21(28)14-30-23-25-19-12-5-3-10-17(19)22(29)27(23)20-13-6-4-11-18(20)24/h3-6,10-13,15-16H,7-9,14H2,1-2H3/t15-,16-/m0/s1. The summed E-state index contributed by atoms with van der Waals surface area (Å²) in [6, 6.07) is 13.5. The molecule has 2 aromatic carbocycles. The quantitative estimate of drug-likeness (QED) is 0.459. The van der Waals surface area contributed by atoms with Gasteiger partial charge in [0, 0.05) is 12.1 Å². The molecular formula is C23H24FN3O2S. The Labute approximate surface area is 178 Å². The van der Waals surface area contributed by atoms with Gasteiger partial charge in [0.25, 0.3) is 5.56 Å². The Bertz CT molecular complexity index is 1140. The van der Waals surface area contributed by atoms with Crippen LogP contribution in [0.15, 0.2) is 58.5 Å². The summed E-state index contributed by atoms with van der Waals surface area (Å²) in [6.07, 6.45) is 3.11. The minimum absolute atomic E-state index is 0.0159. The molecule has 3 aromatic rings. The van der Waals surface area contributed by atoms with E-state index in [1.807, 2.05) is 4.90 Å². The topological polar surface area (TPSA) is 55.2 Å². The largest absolute Gasteiger partial charge is 0.337 e. The van der Waals surface area contributed by atoms with Gasteiger partial charge in [-0.2, -0.15) is 0 Å². The van der Waals surface area contributed by atoms with Gasteiger partial charge in [0.1, 0.15) is 5.82 Å². The number of para-hydroxylation sites is 2. The molecule has 0 aliphatic carbocycles. The van der Waals surface area contributed by atoms with Crippen molar-refractivity contribution < 1.29 is 9.18 Å². The van der Waals surface area contributed by atoms with Crippen LogP contribution in [0, 0.1) is 5.82 Å². The van der Waals surface area contributed by atoms with Crippen molar-refractivity contribution in [3.63, 3.8) is 0 Å². The van der Waals surface area contributed by atoms with Crippen LogP contribution in [-0.2, 0) is 4.79 Å². The van der Waals surface area contributed by atoms with Crippen molar-refractivity contribution in [2.24, 2.45) is 0 Å². The number of piperidine rings is 1. The molecule has 1 aliphatic rings. The lowest BCUT2D eigenvalue weighted by Crippen LogP contribution is -2.48. The molecule has 1 fully saturated rings. The van der Waals surface area contributed by atoms with Crippen molar-refractivity contribution in [2.75, 3.05) is 5.75 Å². The van der Waals surface area contributed by atoms with Crippen LogP contribution in [-0.4, -0.2) is 38.2 Å². The van der Waals surface area contributed by atoms with Gasteiger partial charge in [-0.3, -0.25) is 14.2 Å². The lowest BCUT2D eigenvalue weighted by molar-refractivity contribution is -0.134. The summed E-state index contributed by atoms with van der Waals surface area (Å²) in [4.78, 5) is 32.7. The Kier molecular flexibility index (Phi) is 5.90. The van der Waals surface area contributed by atoms with Crippen molar-refractivity contribution in [1.82, 2.24) is 14.5 Å². The third kappa shape index (κ3) is 3.86. The van der Waals surface area contributed by atoms with E-state index in [9.17, 15) is 14.0 Å². The Hall–Kier alpha value is -2.67. The Morgan fingerprint density at radius 3 is 2.50 bits per heavy atom. The number of likely N-dealkylation sites (tertiary alicyclic amines) is 1. The smallest absolute Gasteiger partial charge is 0.266 e. The van der Waals surface area contributed by atoms with E-state index in [0.29, 0.717) is 16.1 Å². The van der Waals surface area contributed by atoms with Gasteiger partial charge >= 0.3 is 0 Å². The summed E-state index contributed by atoms with van der Waals surface area (Å²) < 4.78 is 15.8. The number of thioether (sulfide) groups is 1. The first-order valence-corrected chi connectivity index (χ1v) is 11.2. The predicted octanol–water partition coefficient (Wildman–Crippen LogP) is 4.41. The number of halogens is 1. The maximum absolute atomic E-state index is 14.6. The predicted molar refractivity (Wildman–Crippen MR) is 118 cm³/mol. The Morgan fingerprint density at radius 1 is 1.10 bits per heavy atom. The Morgan fingerprint density at radius 2 is 1.77 bits per heavy atom. The fourth-order valence-electron chi connectivity index (χ4n) is 4.17. The molecular weight excluding hydrogens is 401 g/mol. The van der Waals surface area contributed by atoms with Crippen LogP contribution in [0.1, 0.15) is 33.1 Å². The average Bonchev–Trinajstić information content (AvgIpc) is 2.73. The van der Waals surface area contributed by atoms with Crippen LogP contribution in [0.3, 0.4) is 0 Å². The third-order valence-electron chi connectivity index (χ3n) is 5.64. The van der Waals surface area contributed by atoms with Gasteiger partial charge in [-0.05, 0) is 57.4 Å². The summed E-state index contributed by atoms with van der Waals surface area (Å²) in [6.45, 7) is 4.14. The van der Waals surface area contributed by atoms with Crippen molar-refractivity contribution in [3.05, 3.63) is 64.7 Å². The summed E-state index contributed by atoms with van der Waals surface area (Å²) in [5.74, 6) is -0.348. The van der Waals surface area contributed by atoms with E-state index in [1.165, 1.54) is 22.4 Å². The molecule has 0 radical (unpaired) electrons. The van der Waals surface area contributed by atoms with E-state index < -0.39 is 5.82 Å². The second-order valence-electron chi connectivity index (χ2n) is 7.72. The zero-order valence-corrected chi connectivity index (χ0v) is 17.9. The van der Waals surface area contributed by atoms with Crippen molar-refractivity contribution in [3.8, 4) is 5.69 Å². The number of nitrogens with zero attached hydrogens (tertiary/aromatic N) is 3. The number of fused-ring (bicyclic) bond motifs is 1. The van der Waals surface area contributed by atoms with Gasteiger partial charge in [-0.25, -0.2) is 9.37 Å². The molecule has 30 heavy (non-hydrogen) atoms. The zero-order valence-electron chi connectivity index (χ0n) is 17.0. The Balaban J connectivity index is 1.73. The maximum Gasteiger partial charge on any atom is 0.266 e. The van der Waals surface area contributed by atoms with E-state index in [0.717, 1.165) is 19.3 Å². The van der Waals surface area contributed by atoms with Gasteiger partial charge in [0.05, 0.1) is 22.3 Å². The first-order valence-electron chi connectivity index (χ1n) is 10.2. The molecule has 0 bridgehead atoms. The van der Waals surface area contributed by atoms with Crippen LogP contribution in [0.25, 0.3) is 16.6 Å². The van der Waals surface area contributed by atoms with Gasteiger partial charge in [0.2, 0.25) is 5.91 Å². The van der Waals surface area contributed by atoms with Crippen LogP contribution >= 0.6 is 11.8 Å². The molecule has 0 unspecified atom stereocenters. The number of carbonyl (C=O) groups is 1. The number of aromatic nitrogens is 2. The van der Waals surface area contributed by atoms with Gasteiger partial charge in [0.15, 0.2) is 5.16 Å². The zero-order chi connectivity index (χ0) is 21.3. The highest BCUT2D eigenvalue weighted by atomic mass is 32.2. The molecule has 1 aliphatic heterocycles. The lowest BCUT2D eigenvalue weighted by Gasteiger charge is -2.39. The van der Waals surface area contributed by atoms with E-state index in [-0.39, 0.29) is 35.0 Å². The normalized spacial score (nSPS) is 19.2. The minimum atomic E-state index is -0.511. The molecule has 5 nitrogen and oxygen atoms in total. The molecule has 1 amide bonds. The molecule has 1 aromatic heterocycles. The maximum atomic E-state index is 14.6. The average molecular weight is 426 g/mol. The van der Waals surface area contributed by atoms with E-state index >= 15 is 0 Å². The van der Waals surface area contributed by atoms with Gasteiger partial charge in [-0.15, -0.1) is 0 Å². The molecule has 0 N–H and O–H groups in total. The summed E-state index contributed by atoms with van der Waals surface area (Å²) in [7, 11) is 0. The van der Waals surface area contributed by atoms with Crippen LogP contribution in [0.4, 0.5) is 4.39 Å². The summed E-state index contributed by atoms with van der Waals surface area (Å²) in [5.41, 5.74) is 0.320. The first kappa shape index (κ1) is 20.6. The SMILES string of the molecule is C[C@H]1CCC[C@H](C)N1C(=O)CSc1nc2ccccc2c(=O)n1-c1ccccc1F. The van der Waals surface area contributed by atoms with Crippen molar-refractivity contribution >= 4 is 28.6 Å². The van der Waals surface area contributed by atoms with Crippen LogP contribution in [0.5, 0.6) is 0 Å². The third-order valence-corrected chi connectivity index (χ3v) is 6.57. The summed E-state index contributed by atoms with van der Waals surface area (Å²) in [5, 5.41) is 0.726. The highest BCUT2D eigenvalue weighted by Crippen LogP contribution is 2.26. The fraction of sp³-hybridized carbons (Fsp3) is 0.348. The second kappa shape index (κ2) is 8.60. The number of rotatable bonds is 4. The molecule has 0 saturated carbocycles. The second-order valence-corrected chi connectivity index (χ2v) is 8.66. The van der Waals surface area contributed by atoms with E-state index in [2.05, 4.69) is 18.8 Å². The van der Waals surface area contributed by atoms with Gasteiger partial charge in [-0.1, -0.05) is 36.0 Å². The van der Waals surface area contributed by atoms with Crippen LogP contribution in [0.2, 0.25) is 0 Å². The van der Waals surface area contributed by atoms with E-state index in [4.69, 9.17) is 0 Å². The molecule has 1 saturated heterocycles. The van der Waals surface area contributed by atoms with Crippen molar-refractivity contribution in [1.29, 1.82) is 0 Å². The fourth-order valence-corrected chi connectivity index (χ4v) is 5.04. The number of carbonyl (C=O) groups excluding carboxylic acids is 1. The number of benzene rings is 2. The lowest BCUT2D eigenvalue weighted by atomic mass is 9.98.